The fourth-order valence-corrected chi connectivity index (χ4v) is 3.80. The number of nitrogen functional groups attached to an aromatic ring is 1. The van der Waals surface area contributed by atoms with Crippen molar-refractivity contribution in [3.63, 3.8) is 0 Å². The SMILES string of the molecule is CSC1CCC(NC(=O)c2sc(N)nc2C)CC1. The molecule has 0 spiro atoms. The van der Waals surface area contributed by atoms with Gasteiger partial charge < -0.3 is 11.1 Å². The van der Waals surface area contributed by atoms with Crippen LogP contribution in [0.4, 0.5) is 5.13 Å². The minimum absolute atomic E-state index is 0.0192. The Kier molecular flexibility index (Phi) is 4.50. The minimum atomic E-state index is -0.0192. The van der Waals surface area contributed by atoms with Crippen molar-refractivity contribution in [2.75, 3.05) is 12.0 Å². The van der Waals surface area contributed by atoms with E-state index < -0.39 is 0 Å². The number of rotatable bonds is 3. The Morgan fingerprint density at radius 3 is 2.61 bits per heavy atom. The van der Waals surface area contributed by atoms with Gasteiger partial charge in [-0.2, -0.15) is 11.8 Å². The van der Waals surface area contributed by atoms with Gasteiger partial charge in [0, 0.05) is 11.3 Å². The Balaban J connectivity index is 1.90. The van der Waals surface area contributed by atoms with Crippen molar-refractivity contribution in [3.05, 3.63) is 10.6 Å². The molecule has 0 atom stereocenters. The number of nitrogens with one attached hydrogen (secondary N) is 1. The van der Waals surface area contributed by atoms with E-state index in [1.165, 1.54) is 24.2 Å². The van der Waals surface area contributed by atoms with Crippen LogP contribution in [0.1, 0.15) is 41.0 Å². The fourth-order valence-electron chi connectivity index (χ4n) is 2.32. The first-order valence-corrected chi connectivity index (χ1v) is 8.27. The maximum atomic E-state index is 12.1. The highest BCUT2D eigenvalue weighted by Crippen LogP contribution is 2.27. The lowest BCUT2D eigenvalue weighted by molar-refractivity contribution is 0.0931. The first-order chi connectivity index (χ1) is 8.60. The molecule has 1 aliphatic carbocycles. The summed E-state index contributed by atoms with van der Waals surface area (Å²) in [4.78, 5) is 16.8. The number of anilines is 1. The largest absolute Gasteiger partial charge is 0.375 e. The number of nitrogens with two attached hydrogens (primary N) is 1. The van der Waals surface area contributed by atoms with Crippen molar-refractivity contribution in [3.8, 4) is 0 Å². The van der Waals surface area contributed by atoms with E-state index in [1.807, 2.05) is 18.7 Å². The van der Waals surface area contributed by atoms with Crippen molar-refractivity contribution in [2.45, 2.75) is 43.9 Å². The second kappa shape index (κ2) is 5.93. The average molecular weight is 285 g/mol. The van der Waals surface area contributed by atoms with Crippen LogP contribution in [-0.4, -0.2) is 28.4 Å². The van der Waals surface area contributed by atoms with Gasteiger partial charge in [0.1, 0.15) is 4.88 Å². The van der Waals surface area contributed by atoms with Crippen molar-refractivity contribution in [1.29, 1.82) is 0 Å². The summed E-state index contributed by atoms with van der Waals surface area (Å²) >= 11 is 3.20. The molecule has 18 heavy (non-hydrogen) atoms. The quantitative estimate of drug-likeness (QED) is 0.895. The van der Waals surface area contributed by atoms with Gasteiger partial charge in [0.25, 0.3) is 5.91 Å². The van der Waals surface area contributed by atoms with E-state index in [0.29, 0.717) is 16.1 Å². The summed E-state index contributed by atoms with van der Waals surface area (Å²) in [6.45, 7) is 1.83. The lowest BCUT2D eigenvalue weighted by Crippen LogP contribution is -2.38. The van der Waals surface area contributed by atoms with Gasteiger partial charge in [0.2, 0.25) is 0 Å². The molecule has 1 aromatic heterocycles. The number of amides is 1. The predicted octanol–water partition coefficient (Wildman–Crippen LogP) is 2.44. The molecule has 1 aromatic rings. The van der Waals surface area contributed by atoms with Crippen LogP contribution >= 0.6 is 23.1 Å². The molecule has 100 valence electrons. The predicted molar refractivity (Wildman–Crippen MR) is 78.3 cm³/mol. The molecule has 6 heteroatoms. The lowest BCUT2D eigenvalue weighted by atomic mass is 9.95. The van der Waals surface area contributed by atoms with Gasteiger partial charge in [0.05, 0.1) is 5.69 Å². The summed E-state index contributed by atoms with van der Waals surface area (Å²) in [5, 5.41) is 4.33. The molecular weight excluding hydrogens is 266 g/mol. The lowest BCUT2D eigenvalue weighted by Gasteiger charge is -2.27. The molecule has 0 aliphatic heterocycles. The minimum Gasteiger partial charge on any atom is -0.375 e. The number of nitrogens with zero attached hydrogens (tertiary/aromatic N) is 1. The molecule has 3 N–H and O–H groups in total. The third-order valence-electron chi connectivity index (χ3n) is 3.36. The van der Waals surface area contributed by atoms with E-state index in [-0.39, 0.29) is 5.91 Å². The van der Waals surface area contributed by atoms with Gasteiger partial charge in [-0.3, -0.25) is 4.79 Å². The second-order valence-electron chi connectivity index (χ2n) is 4.65. The van der Waals surface area contributed by atoms with Crippen LogP contribution in [0.2, 0.25) is 0 Å². The van der Waals surface area contributed by atoms with Crippen LogP contribution in [0, 0.1) is 6.92 Å². The van der Waals surface area contributed by atoms with Gasteiger partial charge in [-0.05, 0) is 38.9 Å². The van der Waals surface area contributed by atoms with E-state index in [1.54, 1.807) is 0 Å². The number of aromatic nitrogens is 1. The van der Waals surface area contributed by atoms with E-state index in [2.05, 4.69) is 16.6 Å². The third-order valence-corrected chi connectivity index (χ3v) is 5.49. The van der Waals surface area contributed by atoms with Crippen molar-refractivity contribution >= 4 is 34.1 Å². The number of carbonyl (C=O) groups is 1. The van der Waals surface area contributed by atoms with E-state index in [0.717, 1.165) is 23.8 Å². The van der Waals surface area contributed by atoms with Crippen molar-refractivity contribution in [1.82, 2.24) is 10.3 Å². The molecule has 1 heterocycles. The number of aryl methyl sites for hydroxylation is 1. The molecule has 0 unspecified atom stereocenters. The molecule has 1 amide bonds. The highest BCUT2D eigenvalue weighted by molar-refractivity contribution is 7.99. The number of thioether (sulfide) groups is 1. The number of hydrogen-bond acceptors (Lipinski definition) is 5. The molecule has 0 bridgehead atoms. The van der Waals surface area contributed by atoms with Gasteiger partial charge in [0.15, 0.2) is 5.13 Å². The normalized spacial score (nSPS) is 23.9. The first kappa shape index (κ1) is 13.7. The third kappa shape index (κ3) is 3.17. The molecule has 2 rings (SSSR count). The van der Waals surface area contributed by atoms with E-state index in [9.17, 15) is 4.79 Å². The summed E-state index contributed by atoms with van der Waals surface area (Å²) in [5.74, 6) is -0.0192. The number of thiazole rings is 1. The average Bonchev–Trinajstić information content (AvgIpc) is 2.69. The molecule has 1 fully saturated rings. The maximum Gasteiger partial charge on any atom is 0.263 e. The number of hydrogen-bond donors (Lipinski definition) is 2. The highest BCUT2D eigenvalue weighted by atomic mass is 32.2. The zero-order valence-corrected chi connectivity index (χ0v) is 12.4. The van der Waals surface area contributed by atoms with Crippen LogP contribution in [0.5, 0.6) is 0 Å². The van der Waals surface area contributed by atoms with E-state index >= 15 is 0 Å². The Bertz CT molecular complexity index is 425. The molecule has 0 aromatic carbocycles. The Labute approximate surface area is 116 Å². The summed E-state index contributed by atoms with van der Waals surface area (Å²) in [6, 6.07) is 0.309. The van der Waals surface area contributed by atoms with Crippen LogP contribution < -0.4 is 11.1 Å². The molecule has 1 saturated carbocycles. The van der Waals surface area contributed by atoms with Gasteiger partial charge in [-0.25, -0.2) is 4.98 Å². The second-order valence-corrected chi connectivity index (χ2v) is 6.82. The van der Waals surface area contributed by atoms with Crippen LogP contribution in [0.15, 0.2) is 0 Å². The van der Waals surface area contributed by atoms with Gasteiger partial charge in [-0.1, -0.05) is 11.3 Å². The topological polar surface area (TPSA) is 68.0 Å². The molecule has 4 nitrogen and oxygen atoms in total. The summed E-state index contributed by atoms with van der Waals surface area (Å²) < 4.78 is 0. The van der Waals surface area contributed by atoms with Crippen molar-refractivity contribution < 1.29 is 4.79 Å². The summed E-state index contributed by atoms with van der Waals surface area (Å²) in [6.07, 6.45) is 6.69. The Morgan fingerprint density at radius 2 is 2.11 bits per heavy atom. The Morgan fingerprint density at radius 1 is 1.44 bits per heavy atom. The van der Waals surface area contributed by atoms with Gasteiger partial charge >= 0.3 is 0 Å². The molecule has 1 aliphatic rings. The van der Waals surface area contributed by atoms with Crippen LogP contribution in [0.3, 0.4) is 0 Å². The monoisotopic (exact) mass is 285 g/mol. The van der Waals surface area contributed by atoms with Crippen molar-refractivity contribution in [2.24, 2.45) is 0 Å². The summed E-state index contributed by atoms with van der Waals surface area (Å²) in [5.41, 5.74) is 6.34. The number of carbonyl (C=O) groups excluding carboxylic acids is 1. The molecule has 0 radical (unpaired) electrons. The van der Waals surface area contributed by atoms with Gasteiger partial charge in [-0.15, -0.1) is 0 Å². The molecule has 0 saturated heterocycles. The van der Waals surface area contributed by atoms with Crippen LogP contribution in [0.25, 0.3) is 0 Å². The molecular formula is C12H19N3OS2. The van der Waals surface area contributed by atoms with E-state index in [4.69, 9.17) is 5.73 Å². The zero-order chi connectivity index (χ0) is 13.1. The smallest absolute Gasteiger partial charge is 0.263 e. The standard InChI is InChI=1S/C12H19N3OS2/c1-7-10(18-12(13)14-7)11(16)15-8-3-5-9(17-2)6-4-8/h8-9H,3-6H2,1-2H3,(H2,13,14)(H,15,16). The first-order valence-electron chi connectivity index (χ1n) is 6.16. The fraction of sp³-hybridized carbons (Fsp3) is 0.667. The van der Waals surface area contributed by atoms with Crippen LogP contribution in [-0.2, 0) is 0 Å². The highest BCUT2D eigenvalue weighted by Gasteiger charge is 2.23. The summed E-state index contributed by atoms with van der Waals surface area (Å²) in [7, 11) is 0. The maximum absolute atomic E-state index is 12.1. The zero-order valence-electron chi connectivity index (χ0n) is 10.7. The Hall–Kier alpha value is -0.750.